The highest BCUT2D eigenvalue weighted by atomic mass is 16.5. The van der Waals surface area contributed by atoms with Crippen LogP contribution >= 0.6 is 0 Å². The fourth-order valence-corrected chi connectivity index (χ4v) is 2.91. The lowest BCUT2D eigenvalue weighted by molar-refractivity contribution is 0.403. The van der Waals surface area contributed by atoms with Gasteiger partial charge >= 0.3 is 0 Å². The van der Waals surface area contributed by atoms with E-state index >= 15 is 0 Å². The summed E-state index contributed by atoms with van der Waals surface area (Å²) in [6.45, 7) is 0. The summed E-state index contributed by atoms with van der Waals surface area (Å²) in [5, 5.41) is 5.78. The van der Waals surface area contributed by atoms with Gasteiger partial charge in [0, 0.05) is 23.7 Å². The second kappa shape index (κ2) is 5.67. The van der Waals surface area contributed by atoms with Gasteiger partial charge in [0.2, 0.25) is 0 Å². The first-order valence-electron chi connectivity index (χ1n) is 7.23. The largest absolute Gasteiger partial charge is 0.497 e. The lowest BCUT2D eigenvalue weighted by Crippen LogP contribution is -2.42. The molecule has 0 bridgehead atoms. The molecule has 0 amide bonds. The van der Waals surface area contributed by atoms with Gasteiger partial charge in [-0.3, -0.25) is 0 Å². The Bertz CT molecular complexity index is 599. The predicted molar refractivity (Wildman–Crippen MR) is 82.1 cm³/mol. The van der Waals surface area contributed by atoms with Crippen molar-refractivity contribution in [2.24, 2.45) is 5.73 Å². The van der Waals surface area contributed by atoms with E-state index in [1.807, 2.05) is 24.4 Å². The van der Waals surface area contributed by atoms with E-state index in [4.69, 9.17) is 10.5 Å². The number of fused-ring (bicyclic) bond motifs is 1. The first-order valence-corrected chi connectivity index (χ1v) is 7.23. The van der Waals surface area contributed by atoms with Gasteiger partial charge in [0.15, 0.2) is 0 Å². The average Bonchev–Trinajstić information content (AvgIpc) is 2.49. The number of anilines is 1. The van der Waals surface area contributed by atoms with Gasteiger partial charge < -0.3 is 15.8 Å². The number of ether oxygens (including phenoxy) is 1. The van der Waals surface area contributed by atoms with Crippen LogP contribution in [0.3, 0.4) is 0 Å². The normalized spacial score (nSPS) is 22.7. The highest BCUT2D eigenvalue weighted by Gasteiger charge is 2.22. The van der Waals surface area contributed by atoms with Gasteiger partial charge in [0.1, 0.15) is 11.6 Å². The maximum absolute atomic E-state index is 6.21. The van der Waals surface area contributed by atoms with Crippen LogP contribution in [0.1, 0.15) is 25.7 Å². The number of aromatic nitrogens is 1. The highest BCUT2D eigenvalue weighted by Crippen LogP contribution is 2.27. The number of hydrogen-bond acceptors (Lipinski definition) is 4. The highest BCUT2D eigenvalue weighted by molar-refractivity contribution is 5.92. The minimum atomic E-state index is 0.221. The molecule has 106 valence electrons. The van der Waals surface area contributed by atoms with E-state index in [1.54, 1.807) is 7.11 Å². The molecule has 4 nitrogen and oxygen atoms in total. The molecular weight excluding hydrogens is 250 g/mol. The molecule has 3 rings (SSSR count). The van der Waals surface area contributed by atoms with E-state index < -0.39 is 0 Å². The molecule has 1 aliphatic carbocycles. The molecule has 1 aliphatic rings. The maximum atomic E-state index is 6.21. The van der Waals surface area contributed by atoms with Crippen molar-refractivity contribution in [1.29, 1.82) is 0 Å². The van der Waals surface area contributed by atoms with E-state index in [2.05, 4.69) is 16.4 Å². The molecule has 0 saturated heterocycles. The number of nitrogens with two attached hydrogens (primary N) is 1. The molecule has 2 aromatic rings. The Morgan fingerprint density at radius 1 is 1.25 bits per heavy atom. The number of methoxy groups -OCH3 is 1. The third kappa shape index (κ3) is 2.56. The number of hydrogen-bond donors (Lipinski definition) is 2. The van der Waals surface area contributed by atoms with Crippen LogP contribution in [-0.4, -0.2) is 24.2 Å². The zero-order valence-corrected chi connectivity index (χ0v) is 11.8. The molecule has 2 atom stereocenters. The van der Waals surface area contributed by atoms with Gasteiger partial charge in [0.05, 0.1) is 7.11 Å². The molecule has 4 heteroatoms. The van der Waals surface area contributed by atoms with Crippen LogP contribution in [0.5, 0.6) is 5.75 Å². The summed E-state index contributed by atoms with van der Waals surface area (Å²) in [5.41, 5.74) is 6.21. The number of nitrogens with one attached hydrogen (secondary N) is 1. The van der Waals surface area contributed by atoms with Gasteiger partial charge in [-0.15, -0.1) is 0 Å². The van der Waals surface area contributed by atoms with Gasteiger partial charge in [-0.2, -0.15) is 0 Å². The van der Waals surface area contributed by atoms with Crippen molar-refractivity contribution in [2.45, 2.75) is 37.8 Å². The molecule has 1 fully saturated rings. The molecular formula is C16H21N3O. The Labute approximate surface area is 119 Å². The summed E-state index contributed by atoms with van der Waals surface area (Å²) in [4.78, 5) is 4.48. The minimum absolute atomic E-state index is 0.221. The molecule has 1 heterocycles. The van der Waals surface area contributed by atoms with E-state index in [9.17, 15) is 0 Å². The fraction of sp³-hybridized carbons (Fsp3) is 0.438. The topological polar surface area (TPSA) is 60.2 Å². The molecule has 3 N–H and O–H groups in total. The number of nitrogens with zero attached hydrogens (tertiary/aromatic N) is 1. The molecule has 0 radical (unpaired) electrons. The third-order valence-electron chi connectivity index (χ3n) is 4.11. The van der Waals surface area contributed by atoms with Crippen molar-refractivity contribution in [3.05, 3.63) is 30.5 Å². The molecule has 0 aliphatic heterocycles. The quantitative estimate of drug-likeness (QED) is 0.901. The monoisotopic (exact) mass is 271 g/mol. The van der Waals surface area contributed by atoms with Gasteiger partial charge in [-0.25, -0.2) is 4.98 Å². The van der Waals surface area contributed by atoms with Crippen LogP contribution in [0, 0.1) is 0 Å². The van der Waals surface area contributed by atoms with Gasteiger partial charge in [-0.05, 0) is 42.5 Å². The van der Waals surface area contributed by atoms with Crippen molar-refractivity contribution < 1.29 is 4.74 Å². The Morgan fingerprint density at radius 3 is 2.90 bits per heavy atom. The summed E-state index contributed by atoms with van der Waals surface area (Å²) >= 11 is 0. The summed E-state index contributed by atoms with van der Waals surface area (Å²) in [7, 11) is 1.68. The van der Waals surface area contributed by atoms with Crippen molar-refractivity contribution in [2.75, 3.05) is 12.4 Å². The fourth-order valence-electron chi connectivity index (χ4n) is 2.91. The molecule has 0 spiro atoms. The van der Waals surface area contributed by atoms with Crippen molar-refractivity contribution in [3.8, 4) is 5.75 Å². The first-order chi connectivity index (χ1) is 9.78. The minimum Gasteiger partial charge on any atom is -0.497 e. The zero-order chi connectivity index (χ0) is 13.9. The van der Waals surface area contributed by atoms with Crippen LogP contribution < -0.4 is 15.8 Å². The molecule has 1 saturated carbocycles. The standard InChI is InChI=1S/C16H21N3O/c1-20-12-6-7-13-11(10-12)8-9-18-16(13)19-15-5-3-2-4-14(15)17/h6-10,14-15H,2-5,17H2,1H3,(H,18,19)/t14-,15-/m1/s1. The number of rotatable bonds is 3. The Hall–Kier alpha value is -1.81. The Morgan fingerprint density at radius 2 is 2.10 bits per heavy atom. The van der Waals surface area contributed by atoms with E-state index in [0.717, 1.165) is 35.2 Å². The number of pyridine rings is 1. The Balaban J connectivity index is 1.91. The Kier molecular flexibility index (Phi) is 3.74. The summed E-state index contributed by atoms with van der Waals surface area (Å²) in [6.07, 6.45) is 6.52. The van der Waals surface area contributed by atoms with Crippen LogP contribution in [-0.2, 0) is 0 Å². The smallest absolute Gasteiger partial charge is 0.134 e. The third-order valence-corrected chi connectivity index (χ3v) is 4.11. The van der Waals surface area contributed by atoms with Crippen molar-refractivity contribution >= 4 is 16.6 Å². The number of benzene rings is 1. The predicted octanol–water partition coefficient (Wildman–Crippen LogP) is 2.93. The molecule has 0 unspecified atom stereocenters. The van der Waals surface area contributed by atoms with Crippen LogP contribution in [0.2, 0.25) is 0 Å². The second-order valence-electron chi connectivity index (χ2n) is 5.45. The lowest BCUT2D eigenvalue weighted by Gasteiger charge is -2.30. The van der Waals surface area contributed by atoms with Gasteiger partial charge in [0.25, 0.3) is 0 Å². The summed E-state index contributed by atoms with van der Waals surface area (Å²) in [6, 6.07) is 8.60. The zero-order valence-electron chi connectivity index (χ0n) is 11.8. The van der Waals surface area contributed by atoms with E-state index in [-0.39, 0.29) is 6.04 Å². The van der Waals surface area contributed by atoms with E-state index in [0.29, 0.717) is 6.04 Å². The van der Waals surface area contributed by atoms with Crippen molar-refractivity contribution in [1.82, 2.24) is 4.98 Å². The SMILES string of the molecule is COc1ccc2c(N[C@@H]3CCCC[C@H]3N)nccc2c1. The van der Waals surface area contributed by atoms with Crippen LogP contribution in [0.4, 0.5) is 5.82 Å². The van der Waals surface area contributed by atoms with Gasteiger partial charge in [-0.1, -0.05) is 12.8 Å². The summed E-state index contributed by atoms with van der Waals surface area (Å²) in [5.74, 6) is 1.79. The first kappa shape index (κ1) is 13.2. The molecule has 20 heavy (non-hydrogen) atoms. The summed E-state index contributed by atoms with van der Waals surface area (Å²) < 4.78 is 5.27. The molecule has 1 aromatic heterocycles. The lowest BCUT2D eigenvalue weighted by atomic mass is 9.91. The van der Waals surface area contributed by atoms with Crippen molar-refractivity contribution in [3.63, 3.8) is 0 Å². The maximum Gasteiger partial charge on any atom is 0.134 e. The van der Waals surface area contributed by atoms with E-state index in [1.165, 1.54) is 12.8 Å². The average molecular weight is 271 g/mol. The van der Waals surface area contributed by atoms with Crippen LogP contribution in [0.25, 0.3) is 10.8 Å². The second-order valence-corrected chi connectivity index (χ2v) is 5.45. The van der Waals surface area contributed by atoms with Crippen LogP contribution in [0.15, 0.2) is 30.5 Å². The molecule has 1 aromatic carbocycles.